The first kappa shape index (κ1) is 11.9. The summed E-state index contributed by atoms with van der Waals surface area (Å²) in [6, 6.07) is 9.07. The number of aryl methyl sites for hydroxylation is 1. The highest BCUT2D eigenvalue weighted by Gasteiger charge is 2.03. The largest absolute Gasteiger partial charge is 0.508 e. The van der Waals surface area contributed by atoms with E-state index in [9.17, 15) is 5.11 Å². The van der Waals surface area contributed by atoms with Crippen LogP contribution >= 0.6 is 15.9 Å². The summed E-state index contributed by atoms with van der Waals surface area (Å²) in [4.78, 5) is 4.26. The summed E-state index contributed by atoms with van der Waals surface area (Å²) in [6.07, 6.45) is 1.78. The smallest absolute Gasteiger partial charge is 0.140 e. The Labute approximate surface area is 109 Å². The molecule has 88 valence electrons. The van der Waals surface area contributed by atoms with E-state index in [-0.39, 0.29) is 5.75 Å². The van der Waals surface area contributed by atoms with Gasteiger partial charge in [0.15, 0.2) is 0 Å². The number of anilines is 1. The zero-order valence-corrected chi connectivity index (χ0v) is 11.0. The van der Waals surface area contributed by atoms with Crippen LogP contribution in [0.25, 0.3) is 0 Å². The third-order valence-electron chi connectivity index (χ3n) is 2.48. The molecule has 0 spiro atoms. The van der Waals surface area contributed by atoms with E-state index in [4.69, 9.17) is 0 Å². The van der Waals surface area contributed by atoms with Crippen molar-refractivity contribution in [3.63, 3.8) is 0 Å². The van der Waals surface area contributed by atoms with Gasteiger partial charge in [0.05, 0.1) is 4.47 Å². The predicted octanol–water partition coefficient (Wildman–Crippen LogP) is 3.47. The van der Waals surface area contributed by atoms with E-state index in [1.54, 1.807) is 18.3 Å². The maximum atomic E-state index is 9.18. The van der Waals surface area contributed by atoms with E-state index >= 15 is 0 Å². The first-order chi connectivity index (χ1) is 8.16. The number of hydrogen-bond acceptors (Lipinski definition) is 3. The topological polar surface area (TPSA) is 45.2 Å². The molecule has 0 saturated carbocycles. The molecule has 2 aromatic rings. The van der Waals surface area contributed by atoms with Crippen LogP contribution in [0.5, 0.6) is 5.75 Å². The van der Waals surface area contributed by atoms with Gasteiger partial charge in [-0.3, -0.25) is 0 Å². The zero-order valence-electron chi connectivity index (χ0n) is 9.44. The maximum absolute atomic E-state index is 9.18. The summed E-state index contributed by atoms with van der Waals surface area (Å²) >= 11 is 3.50. The highest BCUT2D eigenvalue weighted by atomic mass is 79.9. The van der Waals surface area contributed by atoms with Crippen molar-refractivity contribution in [1.82, 2.24) is 4.98 Å². The van der Waals surface area contributed by atoms with Crippen LogP contribution in [0.3, 0.4) is 0 Å². The van der Waals surface area contributed by atoms with Gasteiger partial charge in [-0.05, 0) is 52.2 Å². The van der Waals surface area contributed by atoms with Gasteiger partial charge >= 0.3 is 0 Å². The van der Waals surface area contributed by atoms with E-state index < -0.39 is 0 Å². The van der Waals surface area contributed by atoms with E-state index in [0.29, 0.717) is 6.54 Å². The monoisotopic (exact) mass is 292 g/mol. The van der Waals surface area contributed by atoms with Gasteiger partial charge in [0.2, 0.25) is 0 Å². The molecule has 1 heterocycles. The number of aromatic hydroxyl groups is 1. The lowest BCUT2D eigenvalue weighted by Gasteiger charge is -2.09. The molecule has 4 heteroatoms. The molecule has 0 fully saturated rings. The molecule has 0 saturated heterocycles. The maximum Gasteiger partial charge on any atom is 0.140 e. The molecule has 0 aliphatic heterocycles. The Balaban J connectivity index is 2.07. The van der Waals surface area contributed by atoms with Crippen molar-refractivity contribution in [3.05, 3.63) is 52.1 Å². The van der Waals surface area contributed by atoms with Crippen LogP contribution in [0.4, 0.5) is 5.82 Å². The summed E-state index contributed by atoms with van der Waals surface area (Å²) in [6.45, 7) is 2.70. The third-order valence-corrected chi connectivity index (χ3v) is 3.48. The minimum Gasteiger partial charge on any atom is -0.508 e. The van der Waals surface area contributed by atoms with Gasteiger partial charge in [-0.15, -0.1) is 0 Å². The van der Waals surface area contributed by atoms with Crippen molar-refractivity contribution in [2.45, 2.75) is 13.5 Å². The van der Waals surface area contributed by atoms with Crippen molar-refractivity contribution in [1.29, 1.82) is 0 Å². The molecular weight excluding hydrogens is 280 g/mol. The first-order valence-corrected chi connectivity index (χ1v) is 6.09. The Morgan fingerprint density at radius 3 is 2.65 bits per heavy atom. The summed E-state index contributed by atoms with van der Waals surface area (Å²) in [5.41, 5.74) is 2.24. The normalized spacial score (nSPS) is 10.2. The van der Waals surface area contributed by atoms with Crippen molar-refractivity contribution >= 4 is 21.7 Å². The molecule has 2 rings (SSSR count). The van der Waals surface area contributed by atoms with E-state index in [2.05, 4.69) is 26.2 Å². The second-order valence-corrected chi connectivity index (χ2v) is 4.60. The van der Waals surface area contributed by atoms with Crippen LogP contribution in [0.2, 0.25) is 0 Å². The van der Waals surface area contributed by atoms with Crippen LogP contribution in [0, 0.1) is 6.92 Å². The first-order valence-electron chi connectivity index (χ1n) is 5.29. The lowest BCUT2D eigenvalue weighted by molar-refractivity contribution is 0.475. The molecule has 3 nitrogen and oxygen atoms in total. The van der Waals surface area contributed by atoms with Crippen LogP contribution in [0.1, 0.15) is 11.1 Å². The molecule has 0 aliphatic carbocycles. The zero-order chi connectivity index (χ0) is 12.3. The second kappa shape index (κ2) is 5.19. The van der Waals surface area contributed by atoms with Gasteiger partial charge in [-0.1, -0.05) is 12.1 Å². The molecule has 1 aromatic carbocycles. The summed E-state index contributed by atoms with van der Waals surface area (Å²) in [5, 5.41) is 12.4. The Morgan fingerprint density at radius 2 is 1.94 bits per heavy atom. The van der Waals surface area contributed by atoms with Gasteiger partial charge < -0.3 is 10.4 Å². The van der Waals surface area contributed by atoms with E-state index in [1.165, 1.54) is 0 Å². The average Bonchev–Trinajstić information content (AvgIpc) is 2.33. The van der Waals surface area contributed by atoms with Crippen molar-refractivity contribution < 1.29 is 5.11 Å². The fraction of sp³-hybridized carbons (Fsp3) is 0.154. The Hall–Kier alpha value is -1.55. The second-order valence-electron chi connectivity index (χ2n) is 3.81. The summed E-state index contributed by atoms with van der Waals surface area (Å²) in [5.74, 6) is 1.11. The number of aromatic nitrogens is 1. The number of nitrogens with zero attached hydrogens (tertiary/aromatic N) is 1. The fourth-order valence-electron chi connectivity index (χ4n) is 1.46. The molecule has 0 bridgehead atoms. The van der Waals surface area contributed by atoms with Crippen LogP contribution in [-0.2, 0) is 6.54 Å². The number of nitrogens with one attached hydrogen (secondary N) is 1. The minimum absolute atomic E-state index is 0.281. The predicted molar refractivity (Wildman–Crippen MR) is 72.1 cm³/mol. The number of phenolic OH excluding ortho intramolecular Hbond substituents is 1. The fourth-order valence-corrected chi connectivity index (χ4v) is 1.84. The Morgan fingerprint density at radius 1 is 1.24 bits per heavy atom. The standard InChI is InChI=1S/C13H13BrN2O/c1-9-6-7-15-13(12(9)14)16-8-10-2-4-11(17)5-3-10/h2-7,17H,8H2,1H3,(H,15,16). The van der Waals surface area contributed by atoms with Crippen molar-refractivity contribution in [2.24, 2.45) is 0 Å². The molecule has 0 atom stereocenters. The molecule has 0 radical (unpaired) electrons. The molecular formula is C13H13BrN2O. The highest BCUT2D eigenvalue weighted by molar-refractivity contribution is 9.10. The Bertz CT molecular complexity index is 511. The number of halogens is 1. The van der Waals surface area contributed by atoms with Gasteiger partial charge in [-0.25, -0.2) is 4.98 Å². The van der Waals surface area contributed by atoms with Gasteiger partial charge in [0, 0.05) is 12.7 Å². The average molecular weight is 293 g/mol. The number of benzene rings is 1. The number of hydrogen-bond donors (Lipinski definition) is 2. The summed E-state index contributed by atoms with van der Waals surface area (Å²) in [7, 11) is 0. The molecule has 17 heavy (non-hydrogen) atoms. The lowest BCUT2D eigenvalue weighted by Crippen LogP contribution is -2.02. The molecule has 0 aliphatic rings. The minimum atomic E-state index is 0.281. The van der Waals surface area contributed by atoms with Crippen LogP contribution in [-0.4, -0.2) is 10.1 Å². The molecule has 0 unspecified atom stereocenters. The number of rotatable bonds is 3. The van der Waals surface area contributed by atoms with E-state index in [1.807, 2.05) is 25.1 Å². The quantitative estimate of drug-likeness (QED) is 0.910. The highest BCUT2D eigenvalue weighted by Crippen LogP contribution is 2.23. The molecule has 2 N–H and O–H groups in total. The van der Waals surface area contributed by atoms with Crippen LogP contribution < -0.4 is 5.32 Å². The third kappa shape index (κ3) is 2.97. The SMILES string of the molecule is Cc1ccnc(NCc2ccc(O)cc2)c1Br. The van der Waals surface area contributed by atoms with Gasteiger partial charge in [0.1, 0.15) is 11.6 Å². The molecule has 0 amide bonds. The lowest BCUT2D eigenvalue weighted by atomic mass is 10.2. The number of phenols is 1. The van der Waals surface area contributed by atoms with E-state index in [0.717, 1.165) is 21.4 Å². The molecule has 1 aromatic heterocycles. The van der Waals surface area contributed by atoms with Gasteiger partial charge in [-0.2, -0.15) is 0 Å². The summed E-state index contributed by atoms with van der Waals surface area (Å²) < 4.78 is 0.985. The van der Waals surface area contributed by atoms with Crippen LogP contribution in [0.15, 0.2) is 41.0 Å². The number of pyridine rings is 1. The van der Waals surface area contributed by atoms with Crippen molar-refractivity contribution in [3.8, 4) is 5.75 Å². The Kier molecular flexibility index (Phi) is 3.64. The van der Waals surface area contributed by atoms with Crippen molar-refractivity contribution in [2.75, 3.05) is 5.32 Å². The van der Waals surface area contributed by atoms with Gasteiger partial charge in [0.25, 0.3) is 0 Å².